The van der Waals surface area contributed by atoms with Crippen molar-refractivity contribution in [2.75, 3.05) is 0 Å². The average molecular weight is 360 g/mol. The second kappa shape index (κ2) is 6.07. The molecule has 0 saturated carbocycles. The molecule has 1 aliphatic rings. The number of nitrogens with zero attached hydrogens (tertiary/aromatic N) is 1. The highest BCUT2D eigenvalue weighted by molar-refractivity contribution is 6.21. The van der Waals surface area contributed by atoms with Gasteiger partial charge in [0.2, 0.25) is 0 Å². The molecule has 4 aromatic carbocycles. The van der Waals surface area contributed by atoms with Gasteiger partial charge in [-0.2, -0.15) is 5.26 Å². The molecule has 3 nitrogen and oxygen atoms in total. The Morgan fingerprint density at radius 1 is 0.786 bits per heavy atom. The molecule has 0 unspecified atom stereocenters. The molecular weight excluding hydrogens is 346 g/mol. The van der Waals surface area contributed by atoms with E-state index >= 15 is 0 Å². The Labute approximate surface area is 161 Å². The zero-order valence-electron chi connectivity index (χ0n) is 14.8. The summed E-state index contributed by atoms with van der Waals surface area (Å²) in [7, 11) is 0. The van der Waals surface area contributed by atoms with Gasteiger partial charge >= 0.3 is 0 Å². The van der Waals surface area contributed by atoms with E-state index in [2.05, 4.69) is 12.1 Å². The molecule has 4 aromatic rings. The molecule has 0 aromatic heterocycles. The van der Waals surface area contributed by atoms with E-state index < -0.39 is 5.92 Å². The van der Waals surface area contributed by atoms with Crippen LogP contribution in [0.2, 0.25) is 0 Å². The Hall–Kier alpha value is -3.90. The van der Waals surface area contributed by atoms with Crippen LogP contribution in [0.15, 0.2) is 84.4 Å². The summed E-state index contributed by atoms with van der Waals surface area (Å²) in [5.74, 6) is -1.61. The molecule has 5 rings (SSSR count). The van der Waals surface area contributed by atoms with E-state index in [-0.39, 0.29) is 17.1 Å². The van der Waals surface area contributed by atoms with Gasteiger partial charge in [0.1, 0.15) is 5.92 Å². The molecule has 132 valence electrons. The Balaban J connectivity index is 1.85. The van der Waals surface area contributed by atoms with Crippen molar-refractivity contribution in [1.29, 1.82) is 5.26 Å². The molecule has 1 atom stereocenters. The highest BCUT2D eigenvalue weighted by Crippen LogP contribution is 2.42. The maximum absolute atomic E-state index is 13.0. The monoisotopic (exact) mass is 360 g/mol. The number of rotatable bonds is 2. The fourth-order valence-electron chi connectivity index (χ4n) is 4.17. The Bertz CT molecular complexity index is 1300. The molecule has 28 heavy (non-hydrogen) atoms. The normalized spacial score (nSPS) is 14.3. The third-order valence-corrected chi connectivity index (χ3v) is 5.42. The summed E-state index contributed by atoms with van der Waals surface area (Å²) in [5.41, 5.74) is 1.53. The molecule has 0 amide bonds. The third-order valence-electron chi connectivity index (χ3n) is 5.42. The molecule has 0 saturated heterocycles. The first kappa shape index (κ1) is 16.3. The third kappa shape index (κ3) is 2.19. The van der Waals surface area contributed by atoms with Gasteiger partial charge in [-0.05, 0) is 38.7 Å². The van der Waals surface area contributed by atoms with Crippen molar-refractivity contribution in [3.63, 3.8) is 0 Å². The van der Waals surface area contributed by atoms with E-state index in [4.69, 9.17) is 0 Å². The van der Waals surface area contributed by atoms with Crippen molar-refractivity contribution in [3.8, 4) is 6.07 Å². The largest absolute Gasteiger partial charge is 0.872 e. The van der Waals surface area contributed by atoms with E-state index in [1.165, 1.54) is 0 Å². The molecule has 0 N–H and O–H groups in total. The number of benzene rings is 4. The highest BCUT2D eigenvalue weighted by atomic mass is 16.3. The highest BCUT2D eigenvalue weighted by Gasteiger charge is 2.32. The van der Waals surface area contributed by atoms with Crippen molar-refractivity contribution in [2.24, 2.45) is 0 Å². The van der Waals surface area contributed by atoms with E-state index in [0.717, 1.165) is 27.1 Å². The van der Waals surface area contributed by atoms with Gasteiger partial charge in [0.25, 0.3) is 0 Å². The zero-order chi connectivity index (χ0) is 19.3. The van der Waals surface area contributed by atoms with Gasteiger partial charge in [0.15, 0.2) is 5.78 Å². The van der Waals surface area contributed by atoms with Crippen molar-refractivity contribution >= 4 is 33.1 Å². The first-order valence-electron chi connectivity index (χ1n) is 9.06. The van der Waals surface area contributed by atoms with Crippen LogP contribution >= 0.6 is 0 Å². The number of ketones is 1. The van der Waals surface area contributed by atoms with Crippen molar-refractivity contribution < 1.29 is 9.90 Å². The fraction of sp³-hybridized carbons (Fsp3) is 0.0400. The molecule has 0 bridgehead atoms. The van der Waals surface area contributed by atoms with Crippen molar-refractivity contribution in [3.05, 3.63) is 101 Å². The van der Waals surface area contributed by atoms with Crippen LogP contribution in [-0.2, 0) is 0 Å². The second-order valence-electron chi connectivity index (χ2n) is 6.91. The summed E-state index contributed by atoms with van der Waals surface area (Å²) >= 11 is 0. The van der Waals surface area contributed by atoms with Crippen LogP contribution in [0.5, 0.6) is 0 Å². The molecule has 1 aliphatic carbocycles. The first-order valence-corrected chi connectivity index (χ1v) is 9.06. The first-order chi connectivity index (χ1) is 13.7. The number of allylic oxidation sites excluding steroid dienone is 1. The quantitative estimate of drug-likeness (QED) is 0.492. The average Bonchev–Trinajstić information content (AvgIpc) is 2.99. The second-order valence-corrected chi connectivity index (χ2v) is 6.91. The molecule has 0 spiro atoms. The topological polar surface area (TPSA) is 63.9 Å². The van der Waals surface area contributed by atoms with Gasteiger partial charge in [0.05, 0.1) is 6.07 Å². The molecule has 3 heteroatoms. The predicted molar refractivity (Wildman–Crippen MR) is 108 cm³/mol. The Kier molecular flexibility index (Phi) is 3.53. The summed E-state index contributed by atoms with van der Waals surface area (Å²) in [6.07, 6.45) is 0. The molecule has 0 heterocycles. The number of hydrogen-bond acceptors (Lipinski definition) is 3. The summed E-state index contributed by atoms with van der Waals surface area (Å²) in [6, 6.07) is 26.7. The van der Waals surface area contributed by atoms with Gasteiger partial charge in [-0.25, -0.2) is 0 Å². The van der Waals surface area contributed by atoms with Crippen LogP contribution < -0.4 is 5.11 Å². The predicted octanol–water partition coefficient (Wildman–Crippen LogP) is 4.57. The van der Waals surface area contributed by atoms with Crippen molar-refractivity contribution in [2.45, 2.75) is 5.92 Å². The lowest BCUT2D eigenvalue weighted by atomic mass is 9.83. The Morgan fingerprint density at radius 2 is 1.32 bits per heavy atom. The fourth-order valence-corrected chi connectivity index (χ4v) is 4.17. The smallest absolute Gasteiger partial charge is 0.190 e. The van der Waals surface area contributed by atoms with Gasteiger partial charge < -0.3 is 5.11 Å². The standard InChI is InChI=1S/C25H15NO2/c26-14-21(23-24(27)19-11-5-6-12-20(19)25(23)28)22-17-9-3-1-7-15(17)13-16-8-2-4-10-18(16)22/h1-13,21,27H/p-1/t21-/m1/s1. The Morgan fingerprint density at radius 3 is 1.89 bits per heavy atom. The van der Waals surface area contributed by atoms with Crippen LogP contribution in [0, 0.1) is 11.3 Å². The minimum Gasteiger partial charge on any atom is -0.872 e. The number of carbonyl (C=O) groups excluding carboxylic acids is 1. The minimum atomic E-state index is -0.927. The summed E-state index contributed by atoms with van der Waals surface area (Å²) in [4.78, 5) is 13.0. The molecule has 0 fully saturated rings. The SMILES string of the molecule is N#C[C@@H](C1=C([O-])c2ccccc2C1=O)c1c2ccccc2cc2ccccc12. The van der Waals surface area contributed by atoms with Gasteiger partial charge in [-0.15, -0.1) is 0 Å². The molecule has 0 radical (unpaired) electrons. The van der Waals surface area contributed by atoms with Gasteiger partial charge in [-0.3, -0.25) is 4.79 Å². The number of hydrogen-bond donors (Lipinski definition) is 0. The van der Waals surface area contributed by atoms with E-state index in [1.54, 1.807) is 24.3 Å². The number of Topliss-reactive ketones (excluding diaryl/α,β-unsaturated/α-hetero) is 1. The van der Waals surface area contributed by atoms with Crippen LogP contribution in [0.3, 0.4) is 0 Å². The van der Waals surface area contributed by atoms with E-state index in [9.17, 15) is 15.2 Å². The maximum atomic E-state index is 13.0. The number of nitriles is 1. The number of fused-ring (bicyclic) bond motifs is 3. The summed E-state index contributed by atoms with van der Waals surface area (Å²) < 4.78 is 0. The van der Waals surface area contributed by atoms with Crippen LogP contribution in [0.1, 0.15) is 27.4 Å². The van der Waals surface area contributed by atoms with Crippen LogP contribution in [0.25, 0.3) is 27.3 Å². The molecule has 0 aliphatic heterocycles. The summed E-state index contributed by atoms with van der Waals surface area (Å²) in [6.45, 7) is 0. The molecular formula is C25H14NO2-. The zero-order valence-corrected chi connectivity index (χ0v) is 14.8. The van der Waals surface area contributed by atoms with Crippen LogP contribution in [-0.4, -0.2) is 5.78 Å². The van der Waals surface area contributed by atoms with Gasteiger partial charge in [0, 0.05) is 11.1 Å². The lowest BCUT2D eigenvalue weighted by molar-refractivity contribution is -0.244. The number of carbonyl (C=O) groups is 1. The maximum Gasteiger partial charge on any atom is 0.190 e. The lowest BCUT2D eigenvalue weighted by Gasteiger charge is -2.20. The van der Waals surface area contributed by atoms with E-state index in [1.807, 2.05) is 48.5 Å². The van der Waals surface area contributed by atoms with Crippen LogP contribution in [0.4, 0.5) is 0 Å². The van der Waals surface area contributed by atoms with Gasteiger partial charge in [-0.1, -0.05) is 78.6 Å². The van der Waals surface area contributed by atoms with Crippen molar-refractivity contribution in [1.82, 2.24) is 0 Å². The lowest BCUT2D eigenvalue weighted by Crippen LogP contribution is -2.12. The minimum absolute atomic E-state index is 0.0465. The summed E-state index contributed by atoms with van der Waals surface area (Å²) in [5, 5.41) is 26.9. The van der Waals surface area contributed by atoms with E-state index in [0.29, 0.717) is 11.1 Å².